The molecule has 0 radical (unpaired) electrons. The lowest BCUT2D eigenvalue weighted by Gasteiger charge is -2.43. The summed E-state index contributed by atoms with van der Waals surface area (Å²) >= 11 is 0. The number of phosphoric acid groups is 1. The molecule has 14 atom stereocenters. The second kappa shape index (κ2) is 27.1. The molecule has 24 heteroatoms. The molecule has 0 aromatic carbocycles. The molecule has 5 rings (SSSR count). The van der Waals surface area contributed by atoms with Gasteiger partial charge in [-0.15, -0.1) is 0 Å². The summed E-state index contributed by atoms with van der Waals surface area (Å²) in [5, 5.41) is 66.9. The molecular formula is C53H95N4O19P. The third-order valence-corrected chi connectivity index (χ3v) is 16.7. The molecule has 4 aliphatic heterocycles. The highest BCUT2D eigenvalue weighted by molar-refractivity contribution is 7.47. The van der Waals surface area contributed by atoms with Crippen molar-refractivity contribution >= 4 is 31.5 Å². The first kappa shape index (κ1) is 65.4. The van der Waals surface area contributed by atoms with E-state index in [0.29, 0.717) is 44.1 Å². The van der Waals surface area contributed by atoms with Crippen LogP contribution in [0.5, 0.6) is 0 Å². The molecule has 0 aromatic rings. The number of phosphoric ester groups is 1. The van der Waals surface area contributed by atoms with Crippen molar-refractivity contribution in [3.63, 3.8) is 0 Å². The molecule has 4 amide bonds. The number of hydrogen-bond acceptors (Lipinski definition) is 18. The van der Waals surface area contributed by atoms with Gasteiger partial charge in [-0.25, -0.2) is 4.57 Å². The van der Waals surface area contributed by atoms with Gasteiger partial charge in [0.05, 0.1) is 63.9 Å². The quantitative estimate of drug-likeness (QED) is 0.0532. The summed E-state index contributed by atoms with van der Waals surface area (Å²) in [7, 11) is -4.71. The minimum Gasteiger partial charge on any atom is -0.394 e. The van der Waals surface area contributed by atoms with Gasteiger partial charge < -0.3 is 79.7 Å². The first-order chi connectivity index (χ1) is 35.6. The van der Waals surface area contributed by atoms with Crippen LogP contribution in [-0.4, -0.2) is 207 Å². The van der Waals surface area contributed by atoms with Gasteiger partial charge in [0.2, 0.25) is 23.6 Å². The number of aliphatic hydroxyl groups excluding tert-OH is 6. The summed E-state index contributed by atoms with van der Waals surface area (Å²) in [6, 6.07) is -3.13. The summed E-state index contributed by atoms with van der Waals surface area (Å²) in [5.74, 6) is -0.205. The lowest BCUT2D eigenvalue weighted by Crippen LogP contribution is -2.64. The van der Waals surface area contributed by atoms with E-state index >= 15 is 0 Å². The van der Waals surface area contributed by atoms with Crippen molar-refractivity contribution in [3.05, 3.63) is 0 Å². The van der Waals surface area contributed by atoms with E-state index in [4.69, 9.17) is 32.7 Å². The Bertz CT molecular complexity index is 2010. The van der Waals surface area contributed by atoms with E-state index in [0.717, 1.165) is 12.8 Å². The molecule has 5 fully saturated rings. The smallest absolute Gasteiger partial charge is 0.394 e. The number of nitrogens with one attached hydrogen (secondary N) is 2. The number of carbonyl (C=O) groups is 4. The number of amides is 4. The molecule has 1 aliphatic carbocycles. The number of hydrogen-bond donors (Lipinski definition) is 9. The molecule has 0 spiro atoms. The predicted octanol–water partition coefficient (Wildman–Crippen LogP) is 2.12. The van der Waals surface area contributed by atoms with E-state index in [1.165, 1.54) is 13.8 Å². The fourth-order valence-electron chi connectivity index (χ4n) is 12.4. The Balaban J connectivity index is 1.16. The molecule has 0 bridgehead atoms. The van der Waals surface area contributed by atoms with Crippen LogP contribution in [0.15, 0.2) is 0 Å². The van der Waals surface area contributed by atoms with Crippen molar-refractivity contribution in [2.24, 2.45) is 33.5 Å². The summed E-state index contributed by atoms with van der Waals surface area (Å²) in [4.78, 5) is 66.8. The van der Waals surface area contributed by atoms with Crippen LogP contribution in [-0.2, 0) is 56.5 Å². The molecule has 77 heavy (non-hydrogen) atoms. The highest BCUT2D eigenvalue weighted by Crippen LogP contribution is 2.48. The maximum Gasteiger partial charge on any atom is 0.472 e. The van der Waals surface area contributed by atoms with E-state index < -0.39 is 134 Å². The average Bonchev–Trinajstić information content (AvgIpc) is 3.93. The number of carbonyl (C=O) groups excluding carboxylic acids is 4. The SMILES string of the molecule is CC(=O)NC1C(OCC(C)(C)CC(C)(C)CC(=O)N2CCC[C@H]2COP(=O)(O)O[C@@H]2C[C@@H](COC3CC(C(C)C)C3)N(C(=O)CC(C)(C)CC(C)(C)COC3OC(CO)C(O)C(O)C3NC(C)=O)C2)OC(CO)C(O)C1O. The zero-order valence-electron chi connectivity index (χ0n) is 47.6. The van der Waals surface area contributed by atoms with Crippen molar-refractivity contribution in [2.75, 3.05) is 52.7 Å². The summed E-state index contributed by atoms with van der Waals surface area (Å²) < 4.78 is 55.2. The number of likely N-dealkylation sites (tertiary alicyclic amines) is 2. The van der Waals surface area contributed by atoms with Crippen LogP contribution >= 0.6 is 7.82 Å². The van der Waals surface area contributed by atoms with Crippen LogP contribution in [0.4, 0.5) is 0 Å². The fourth-order valence-corrected chi connectivity index (χ4v) is 13.3. The molecule has 4 heterocycles. The van der Waals surface area contributed by atoms with Crippen molar-refractivity contribution in [1.29, 1.82) is 0 Å². The Kier molecular flexibility index (Phi) is 23.0. The van der Waals surface area contributed by atoms with E-state index in [1.54, 1.807) is 9.80 Å². The second-order valence-corrected chi connectivity index (χ2v) is 27.5. The zero-order chi connectivity index (χ0) is 57.6. The highest BCUT2D eigenvalue weighted by Gasteiger charge is 2.49. The maximum atomic E-state index is 14.4. The third-order valence-electron chi connectivity index (χ3n) is 15.7. The molecule has 9 N–H and O–H groups in total. The Morgan fingerprint density at radius 2 is 1.12 bits per heavy atom. The standard InChI is InChI=1S/C53H95N4O19P/c1-30(2)33-16-36(17-33)70-24-35-18-37(21-57(35)41(63)20-51(7,8)27-53(11,12)29-72-49-43(55-32(4)61)47(67)45(65)39(23-59)75-49)76-77(68,69)73-25-34-14-13-15-56(34)40(62)19-50(5,6)26-52(9,10)28-71-48-42(54-31(3)60)46(66)44(64)38(22-58)74-48/h30,33-39,42-49,58-59,64-67H,13-29H2,1-12H3,(H,54,60)(H,55,61)(H,68,69)/t33?,34-,35-,36?,37+,38?,39?,42?,43?,44?,45?,46?,47?,48?,49?/m0/s1. The highest BCUT2D eigenvalue weighted by atomic mass is 31.2. The van der Waals surface area contributed by atoms with Crippen LogP contribution in [0.25, 0.3) is 0 Å². The van der Waals surface area contributed by atoms with E-state index in [9.17, 15) is 59.3 Å². The van der Waals surface area contributed by atoms with E-state index in [-0.39, 0.29) is 70.2 Å². The Morgan fingerprint density at radius 1 is 0.649 bits per heavy atom. The van der Waals surface area contributed by atoms with Crippen molar-refractivity contribution in [1.82, 2.24) is 20.4 Å². The van der Waals surface area contributed by atoms with Gasteiger partial charge in [-0.05, 0) is 78.4 Å². The van der Waals surface area contributed by atoms with Gasteiger partial charge in [-0.2, -0.15) is 0 Å². The number of nitrogens with zero attached hydrogens (tertiary/aromatic N) is 2. The lowest BCUT2D eigenvalue weighted by atomic mass is 9.73. The molecular weight excluding hydrogens is 1030 g/mol. The summed E-state index contributed by atoms with van der Waals surface area (Å²) in [5.41, 5.74) is -2.30. The van der Waals surface area contributed by atoms with Gasteiger partial charge in [-0.1, -0.05) is 69.2 Å². The molecule has 0 aromatic heterocycles. The summed E-state index contributed by atoms with van der Waals surface area (Å²) in [6.45, 7) is 21.9. The molecule has 23 nitrogen and oxygen atoms in total. The van der Waals surface area contributed by atoms with Crippen molar-refractivity contribution in [3.8, 4) is 0 Å². The summed E-state index contributed by atoms with van der Waals surface area (Å²) in [6.07, 6.45) is -6.76. The first-order valence-electron chi connectivity index (χ1n) is 27.5. The van der Waals surface area contributed by atoms with Crippen LogP contribution in [0, 0.1) is 33.5 Å². The lowest BCUT2D eigenvalue weighted by molar-refractivity contribution is -0.276. The van der Waals surface area contributed by atoms with E-state index in [2.05, 4.69) is 24.5 Å². The number of ether oxygens (including phenoxy) is 5. The third kappa shape index (κ3) is 18.8. The van der Waals surface area contributed by atoms with Gasteiger partial charge >= 0.3 is 7.82 Å². The molecule has 11 unspecified atom stereocenters. The van der Waals surface area contributed by atoms with Gasteiger partial charge in [0.25, 0.3) is 0 Å². The first-order valence-corrected chi connectivity index (χ1v) is 29.0. The van der Waals surface area contributed by atoms with Crippen LogP contribution < -0.4 is 10.6 Å². The number of aliphatic hydroxyl groups is 6. The molecule has 4 saturated heterocycles. The van der Waals surface area contributed by atoms with Crippen LogP contribution in [0.1, 0.15) is 141 Å². The van der Waals surface area contributed by atoms with Crippen molar-refractivity contribution < 1.29 is 92.0 Å². The van der Waals surface area contributed by atoms with E-state index in [1.807, 2.05) is 55.4 Å². The van der Waals surface area contributed by atoms with Crippen LogP contribution in [0.3, 0.4) is 0 Å². The molecule has 5 aliphatic rings. The van der Waals surface area contributed by atoms with Crippen molar-refractivity contribution in [2.45, 2.75) is 226 Å². The second-order valence-electron chi connectivity index (χ2n) is 26.1. The molecule has 446 valence electrons. The predicted molar refractivity (Wildman–Crippen MR) is 279 cm³/mol. The van der Waals surface area contributed by atoms with Gasteiger partial charge in [0.1, 0.15) is 48.7 Å². The minimum atomic E-state index is -4.71. The van der Waals surface area contributed by atoms with Gasteiger partial charge in [0, 0.05) is 39.8 Å². The average molecular weight is 1120 g/mol. The zero-order valence-corrected chi connectivity index (χ0v) is 48.5. The monoisotopic (exact) mass is 1120 g/mol. The Labute approximate surface area is 455 Å². The van der Waals surface area contributed by atoms with Gasteiger partial charge in [0.15, 0.2) is 12.6 Å². The normalized spacial score (nSPS) is 33.2. The fraction of sp³-hybridized carbons (Fsp3) is 0.925. The topological polar surface area (TPSA) is 322 Å². The van der Waals surface area contributed by atoms with Gasteiger partial charge in [-0.3, -0.25) is 28.2 Å². The molecule has 1 saturated carbocycles. The maximum absolute atomic E-state index is 14.4. The Hall–Kier alpha value is -2.45. The largest absolute Gasteiger partial charge is 0.472 e. The van der Waals surface area contributed by atoms with Crippen LogP contribution in [0.2, 0.25) is 0 Å². The number of rotatable bonds is 27. The minimum absolute atomic E-state index is 0.0225. The Morgan fingerprint density at radius 3 is 1.56 bits per heavy atom.